The van der Waals surface area contributed by atoms with Crippen LogP contribution in [0.4, 0.5) is 0 Å². The molecule has 0 fully saturated rings. The molecule has 120 valence electrons. The smallest absolute Gasteiger partial charge is 0.0206 e. The molecule has 0 aliphatic heterocycles. The van der Waals surface area contributed by atoms with Crippen molar-refractivity contribution in [3.63, 3.8) is 0 Å². The van der Waals surface area contributed by atoms with Crippen molar-refractivity contribution in [2.45, 2.75) is 13.5 Å². The first-order valence-electron chi connectivity index (χ1n) is 7.91. The van der Waals surface area contributed by atoms with E-state index in [0.29, 0.717) is 6.54 Å². The molecule has 0 aliphatic rings. The molecule has 0 aromatic heterocycles. The number of nitrogens with two attached hydrogens (primary N) is 1. The second-order valence-electron chi connectivity index (χ2n) is 5.20. The average Bonchev–Trinajstić information content (AvgIpc) is 2.50. The van der Waals surface area contributed by atoms with Gasteiger partial charge in [0.25, 0.3) is 0 Å². The van der Waals surface area contributed by atoms with Gasteiger partial charge in [0.2, 0.25) is 0 Å². The molecule has 0 bridgehead atoms. The molecular formula is C16H31N5. The zero-order valence-corrected chi connectivity index (χ0v) is 13.3. The number of hydrogen-bond acceptors (Lipinski definition) is 5. The standard InChI is InChI=1S/C16H31N5/c1-15-2-4-16(5-3-15)14-21-13-12-20-11-10-19-9-8-18-7-6-17/h2-5,18-21H,6-14,17H2,1H3. The highest BCUT2D eigenvalue weighted by Crippen LogP contribution is 2.01. The largest absolute Gasteiger partial charge is 0.329 e. The van der Waals surface area contributed by atoms with Crippen LogP contribution >= 0.6 is 0 Å². The number of benzene rings is 1. The molecule has 1 aromatic carbocycles. The summed E-state index contributed by atoms with van der Waals surface area (Å²) in [6.07, 6.45) is 0. The predicted molar refractivity (Wildman–Crippen MR) is 90.5 cm³/mol. The Balaban J connectivity index is 1.81. The Morgan fingerprint density at radius 3 is 1.71 bits per heavy atom. The number of aryl methyl sites for hydroxylation is 1. The number of rotatable bonds is 13. The molecule has 0 atom stereocenters. The van der Waals surface area contributed by atoms with Crippen LogP contribution in [0.15, 0.2) is 24.3 Å². The van der Waals surface area contributed by atoms with E-state index in [0.717, 1.165) is 52.4 Å². The van der Waals surface area contributed by atoms with Crippen LogP contribution in [-0.2, 0) is 6.54 Å². The fraction of sp³-hybridized carbons (Fsp3) is 0.625. The second-order valence-corrected chi connectivity index (χ2v) is 5.20. The van der Waals surface area contributed by atoms with Crippen molar-refractivity contribution in [2.75, 3.05) is 52.4 Å². The lowest BCUT2D eigenvalue weighted by atomic mass is 10.1. The first-order chi connectivity index (χ1) is 10.3. The second kappa shape index (κ2) is 12.7. The molecule has 6 N–H and O–H groups in total. The molecule has 0 amide bonds. The molecule has 21 heavy (non-hydrogen) atoms. The zero-order valence-electron chi connectivity index (χ0n) is 13.3. The molecule has 1 aromatic rings. The third-order valence-corrected chi connectivity index (χ3v) is 3.21. The molecule has 5 nitrogen and oxygen atoms in total. The van der Waals surface area contributed by atoms with Crippen LogP contribution in [0.2, 0.25) is 0 Å². The lowest BCUT2D eigenvalue weighted by Crippen LogP contribution is -2.35. The van der Waals surface area contributed by atoms with Gasteiger partial charge in [0.05, 0.1) is 0 Å². The van der Waals surface area contributed by atoms with Gasteiger partial charge in [0.1, 0.15) is 0 Å². The lowest BCUT2D eigenvalue weighted by molar-refractivity contribution is 0.567. The molecule has 0 spiro atoms. The molecule has 1 rings (SSSR count). The summed E-state index contributed by atoms with van der Waals surface area (Å²) in [7, 11) is 0. The molecule has 0 saturated carbocycles. The minimum absolute atomic E-state index is 0.706. The highest BCUT2D eigenvalue weighted by atomic mass is 15.0. The number of nitrogens with one attached hydrogen (secondary N) is 4. The van der Waals surface area contributed by atoms with E-state index in [1.165, 1.54) is 11.1 Å². The fourth-order valence-corrected chi connectivity index (χ4v) is 1.95. The van der Waals surface area contributed by atoms with Gasteiger partial charge in [-0.25, -0.2) is 0 Å². The molecule has 0 saturated heterocycles. The van der Waals surface area contributed by atoms with Gasteiger partial charge in [0.15, 0.2) is 0 Å². The first-order valence-corrected chi connectivity index (χ1v) is 7.91. The highest BCUT2D eigenvalue weighted by Gasteiger charge is 1.92. The van der Waals surface area contributed by atoms with Gasteiger partial charge >= 0.3 is 0 Å². The van der Waals surface area contributed by atoms with E-state index in [4.69, 9.17) is 5.73 Å². The van der Waals surface area contributed by atoms with Crippen LogP contribution in [0.1, 0.15) is 11.1 Å². The van der Waals surface area contributed by atoms with Gasteiger partial charge in [-0.15, -0.1) is 0 Å². The van der Waals surface area contributed by atoms with E-state index in [-0.39, 0.29) is 0 Å². The summed E-state index contributed by atoms with van der Waals surface area (Å²) in [5.74, 6) is 0. The summed E-state index contributed by atoms with van der Waals surface area (Å²) >= 11 is 0. The van der Waals surface area contributed by atoms with Crippen molar-refractivity contribution in [3.05, 3.63) is 35.4 Å². The lowest BCUT2D eigenvalue weighted by Gasteiger charge is -2.08. The SMILES string of the molecule is Cc1ccc(CNCCNCCNCCNCCN)cc1. The van der Waals surface area contributed by atoms with Crippen LogP contribution in [0, 0.1) is 6.92 Å². The van der Waals surface area contributed by atoms with E-state index in [1.807, 2.05) is 0 Å². The van der Waals surface area contributed by atoms with Crippen LogP contribution in [0.5, 0.6) is 0 Å². The highest BCUT2D eigenvalue weighted by molar-refractivity contribution is 5.20. The van der Waals surface area contributed by atoms with Gasteiger partial charge in [-0.3, -0.25) is 0 Å². The van der Waals surface area contributed by atoms with Gasteiger partial charge in [-0.2, -0.15) is 0 Å². The summed E-state index contributed by atoms with van der Waals surface area (Å²) in [6.45, 7) is 10.6. The van der Waals surface area contributed by atoms with Crippen molar-refractivity contribution < 1.29 is 0 Å². The van der Waals surface area contributed by atoms with Gasteiger partial charge in [-0.05, 0) is 12.5 Å². The Bertz CT molecular complexity index is 339. The molecule has 0 radical (unpaired) electrons. The minimum Gasteiger partial charge on any atom is -0.329 e. The first kappa shape index (κ1) is 18.1. The Morgan fingerprint density at radius 1 is 0.714 bits per heavy atom. The van der Waals surface area contributed by atoms with E-state index in [1.54, 1.807) is 0 Å². The third kappa shape index (κ3) is 10.4. The van der Waals surface area contributed by atoms with E-state index < -0.39 is 0 Å². The average molecular weight is 293 g/mol. The summed E-state index contributed by atoms with van der Waals surface area (Å²) in [4.78, 5) is 0. The van der Waals surface area contributed by atoms with Gasteiger partial charge in [-0.1, -0.05) is 29.8 Å². The van der Waals surface area contributed by atoms with E-state index in [9.17, 15) is 0 Å². The van der Waals surface area contributed by atoms with Crippen LogP contribution < -0.4 is 27.0 Å². The maximum absolute atomic E-state index is 5.39. The van der Waals surface area contributed by atoms with Gasteiger partial charge in [0, 0.05) is 58.9 Å². The third-order valence-electron chi connectivity index (χ3n) is 3.21. The predicted octanol–water partition coefficient (Wildman–Crippen LogP) is -0.188. The van der Waals surface area contributed by atoms with Crippen molar-refractivity contribution in [3.8, 4) is 0 Å². The van der Waals surface area contributed by atoms with Crippen LogP contribution in [0.25, 0.3) is 0 Å². The van der Waals surface area contributed by atoms with Crippen LogP contribution in [0.3, 0.4) is 0 Å². The summed E-state index contributed by atoms with van der Waals surface area (Å²) in [5.41, 5.74) is 8.05. The maximum Gasteiger partial charge on any atom is 0.0206 e. The topological polar surface area (TPSA) is 74.1 Å². The maximum atomic E-state index is 5.39. The molecule has 5 heteroatoms. The Labute approximate surface area is 129 Å². The number of hydrogen-bond donors (Lipinski definition) is 5. The van der Waals surface area contributed by atoms with Gasteiger partial charge < -0.3 is 27.0 Å². The monoisotopic (exact) mass is 293 g/mol. The Hall–Kier alpha value is -0.980. The molecular weight excluding hydrogens is 262 g/mol. The minimum atomic E-state index is 0.706. The summed E-state index contributed by atoms with van der Waals surface area (Å²) in [5, 5.41) is 13.5. The molecule has 0 aliphatic carbocycles. The summed E-state index contributed by atoms with van der Waals surface area (Å²) in [6, 6.07) is 8.67. The van der Waals surface area contributed by atoms with Crippen molar-refractivity contribution in [1.29, 1.82) is 0 Å². The van der Waals surface area contributed by atoms with E-state index in [2.05, 4.69) is 52.5 Å². The van der Waals surface area contributed by atoms with Crippen molar-refractivity contribution in [2.24, 2.45) is 5.73 Å². The Morgan fingerprint density at radius 2 is 1.19 bits per heavy atom. The van der Waals surface area contributed by atoms with Crippen LogP contribution in [-0.4, -0.2) is 52.4 Å². The van der Waals surface area contributed by atoms with Crippen molar-refractivity contribution in [1.82, 2.24) is 21.3 Å². The van der Waals surface area contributed by atoms with E-state index >= 15 is 0 Å². The summed E-state index contributed by atoms with van der Waals surface area (Å²) < 4.78 is 0. The van der Waals surface area contributed by atoms with Crippen molar-refractivity contribution >= 4 is 0 Å². The zero-order chi connectivity index (χ0) is 15.2. The normalized spacial score (nSPS) is 11.0. The Kier molecular flexibility index (Phi) is 11.0. The molecule has 0 unspecified atom stereocenters. The fourth-order valence-electron chi connectivity index (χ4n) is 1.95. The quantitative estimate of drug-likeness (QED) is 0.326. The molecule has 0 heterocycles.